The van der Waals surface area contributed by atoms with Crippen molar-refractivity contribution in [3.63, 3.8) is 0 Å². The lowest BCUT2D eigenvalue weighted by Crippen LogP contribution is -2.23. The Morgan fingerprint density at radius 1 is 1.12 bits per heavy atom. The van der Waals surface area contributed by atoms with Gasteiger partial charge in [0.25, 0.3) is 5.56 Å². The summed E-state index contributed by atoms with van der Waals surface area (Å²) in [5, 5.41) is 4.17. The van der Waals surface area contributed by atoms with E-state index in [1.54, 1.807) is 15.9 Å². The van der Waals surface area contributed by atoms with E-state index in [0.29, 0.717) is 10.5 Å². The molecule has 4 rings (SSSR count). The number of nitrogens with one attached hydrogen (secondary N) is 1. The first kappa shape index (κ1) is 23.3. The lowest BCUT2D eigenvalue weighted by molar-refractivity contribution is -0.113. The fourth-order valence-corrected chi connectivity index (χ4v) is 5.93. The van der Waals surface area contributed by atoms with Gasteiger partial charge in [-0.2, -0.15) is 0 Å². The summed E-state index contributed by atoms with van der Waals surface area (Å²) in [6.07, 6.45) is 1.94. The molecule has 0 fully saturated rings. The van der Waals surface area contributed by atoms with Crippen LogP contribution in [0, 0.1) is 20.8 Å². The van der Waals surface area contributed by atoms with Crippen LogP contribution in [-0.4, -0.2) is 21.2 Å². The number of anilines is 1. The molecule has 0 radical (unpaired) electrons. The number of carbonyl (C=O) groups excluding carboxylic acids is 1. The lowest BCUT2D eigenvalue weighted by Gasteiger charge is -2.13. The Morgan fingerprint density at radius 2 is 1.91 bits per heavy atom. The lowest BCUT2D eigenvalue weighted by atomic mass is 10.1. The van der Waals surface area contributed by atoms with Crippen LogP contribution >= 0.6 is 23.1 Å². The summed E-state index contributed by atoms with van der Waals surface area (Å²) in [5.74, 6) is 0.0260. The van der Waals surface area contributed by atoms with E-state index in [4.69, 9.17) is 4.98 Å². The number of thioether (sulfide) groups is 1. The number of hydrogen-bond acceptors (Lipinski definition) is 5. The summed E-state index contributed by atoms with van der Waals surface area (Å²) in [5.41, 5.74) is 4.55. The second-order valence-electron chi connectivity index (χ2n) is 8.11. The largest absolute Gasteiger partial charge is 0.325 e. The maximum absolute atomic E-state index is 13.7. The third kappa shape index (κ3) is 4.89. The van der Waals surface area contributed by atoms with E-state index in [9.17, 15) is 9.59 Å². The Kier molecular flexibility index (Phi) is 7.00. The predicted octanol–water partition coefficient (Wildman–Crippen LogP) is 6.06. The first-order valence-electron chi connectivity index (χ1n) is 11.0. The molecular formula is C26H27N3O2S2. The van der Waals surface area contributed by atoms with Crippen LogP contribution in [0.1, 0.15) is 34.9 Å². The van der Waals surface area contributed by atoms with Gasteiger partial charge in [-0.25, -0.2) is 4.98 Å². The van der Waals surface area contributed by atoms with Crippen molar-refractivity contribution in [2.75, 3.05) is 11.1 Å². The molecule has 0 saturated heterocycles. The maximum Gasteiger partial charge on any atom is 0.267 e. The van der Waals surface area contributed by atoms with Gasteiger partial charge in [0.05, 0.1) is 16.8 Å². The average Bonchev–Trinajstić information content (AvgIpc) is 3.09. The number of carbonyl (C=O) groups is 1. The Labute approximate surface area is 201 Å². The van der Waals surface area contributed by atoms with Crippen LogP contribution in [0.15, 0.2) is 58.5 Å². The Balaban J connectivity index is 1.74. The minimum absolute atomic E-state index is 0.0801. The van der Waals surface area contributed by atoms with E-state index >= 15 is 0 Å². The molecule has 0 aliphatic heterocycles. The molecule has 4 aromatic rings. The van der Waals surface area contributed by atoms with E-state index < -0.39 is 0 Å². The van der Waals surface area contributed by atoms with Crippen LogP contribution < -0.4 is 10.9 Å². The summed E-state index contributed by atoms with van der Waals surface area (Å²) in [7, 11) is 0. The van der Waals surface area contributed by atoms with Crippen molar-refractivity contribution in [3.8, 4) is 5.69 Å². The molecule has 170 valence electrons. The summed E-state index contributed by atoms with van der Waals surface area (Å²) < 4.78 is 1.65. The van der Waals surface area contributed by atoms with Crippen LogP contribution in [0.5, 0.6) is 0 Å². The van der Waals surface area contributed by atoms with Gasteiger partial charge in [-0.3, -0.25) is 14.2 Å². The Hall–Kier alpha value is -2.90. The summed E-state index contributed by atoms with van der Waals surface area (Å²) in [4.78, 5) is 33.2. The molecule has 1 amide bonds. The molecule has 33 heavy (non-hydrogen) atoms. The van der Waals surface area contributed by atoms with Gasteiger partial charge in [-0.15, -0.1) is 11.3 Å². The van der Waals surface area contributed by atoms with E-state index in [1.165, 1.54) is 16.6 Å². The van der Waals surface area contributed by atoms with Crippen molar-refractivity contribution in [2.24, 2.45) is 0 Å². The molecule has 0 saturated carbocycles. The van der Waals surface area contributed by atoms with Gasteiger partial charge in [0.1, 0.15) is 4.83 Å². The monoisotopic (exact) mass is 477 g/mol. The van der Waals surface area contributed by atoms with Crippen LogP contribution in [0.25, 0.3) is 15.9 Å². The van der Waals surface area contributed by atoms with E-state index in [2.05, 4.69) is 12.2 Å². The highest BCUT2D eigenvalue weighted by Crippen LogP contribution is 2.31. The molecule has 0 spiro atoms. The molecule has 0 aliphatic rings. The topological polar surface area (TPSA) is 64.0 Å². The minimum atomic E-state index is -0.131. The standard InChI is InChI=1S/C26H27N3O2S2/c1-5-9-21-18(4)23-24(33-21)28-26(29(25(23)31)19-12-8-10-16(2)14-19)32-15-22(30)27-20-13-7-6-11-17(20)3/h6-8,10-14H,5,9,15H2,1-4H3,(H,27,30). The van der Waals surface area contributed by atoms with Crippen molar-refractivity contribution < 1.29 is 4.79 Å². The highest BCUT2D eigenvalue weighted by Gasteiger charge is 2.20. The number of amides is 1. The number of nitrogens with zero attached hydrogens (tertiary/aromatic N) is 2. The number of fused-ring (bicyclic) bond motifs is 1. The summed E-state index contributed by atoms with van der Waals surface area (Å²) in [6.45, 7) is 8.10. The second kappa shape index (κ2) is 9.93. The molecule has 2 aromatic heterocycles. The van der Waals surface area contributed by atoms with Crippen LogP contribution in [0.2, 0.25) is 0 Å². The average molecular weight is 478 g/mol. The van der Waals surface area contributed by atoms with E-state index in [1.807, 2.05) is 69.3 Å². The SMILES string of the molecule is CCCc1sc2nc(SCC(=O)Nc3ccccc3C)n(-c3cccc(C)c3)c(=O)c2c1C. The van der Waals surface area contributed by atoms with Gasteiger partial charge in [0.15, 0.2) is 5.16 Å². The van der Waals surface area contributed by atoms with E-state index in [-0.39, 0.29) is 17.2 Å². The molecule has 7 heteroatoms. The number of para-hydroxylation sites is 1. The van der Waals surface area contributed by atoms with Gasteiger partial charge in [-0.1, -0.05) is 55.4 Å². The van der Waals surface area contributed by atoms with Crippen LogP contribution in [0.4, 0.5) is 5.69 Å². The molecule has 0 bridgehead atoms. The minimum Gasteiger partial charge on any atom is -0.325 e. The normalized spacial score (nSPS) is 11.2. The number of rotatable bonds is 7. The van der Waals surface area contributed by atoms with Crippen LogP contribution in [0.3, 0.4) is 0 Å². The molecular weight excluding hydrogens is 450 g/mol. The van der Waals surface area contributed by atoms with Gasteiger partial charge in [0.2, 0.25) is 5.91 Å². The number of aryl methyl sites for hydroxylation is 4. The van der Waals surface area contributed by atoms with Gasteiger partial charge < -0.3 is 5.32 Å². The molecule has 2 heterocycles. The quantitative estimate of drug-likeness (QED) is 0.260. The molecule has 0 unspecified atom stereocenters. The van der Waals surface area contributed by atoms with Crippen molar-refractivity contribution in [1.82, 2.24) is 9.55 Å². The van der Waals surface area contributed by atoms with E-state index in [0.717, 1.165) is 45.7 Å². The van der Waals surface area contributed by atoms with Crippen molar-refractivity contribution in [2.45, 2.75) is 45.7 Å². The fourth-order valence-electron chi connectivity index (χ4n) is 3.80. The van der Waals surface area contributed by atoms with Crippen LogP contribution in [-0.2, 0) is 11.2 Å². The molecule has 2 aromatic carbocycles. The number of thiophene rings is 1. The number of aromatic nitrogens is 2. The third-order valence-electron chi connectivity index (χ3n) is 5.52. The molecule has 0 aliphatic carbocycles. The first-order chi connectivity index (χ1) is 15.9. The third-order valence-corrected chi connectivity index (χ3v) is 7.70. The smallest absolute Gasteiger partial charge is 0.267 e. The Bertz CT molecular complexity index is 1390. The zero-order valence-corrected chi connectivity index (χ0v) is 20.9. The molecule has 0 atom stereocenters. The number of hydrogen-bond donors (Lipinski definition) is 1. The van der Waals surface area contributed by atoms with Crippen molar-refractivity contribution in [3.05, 3.63) is 80.5 Å². The first-order valence-corrected chi connectivity index (χ1v) is 12.8. The highest BCUT2D eigenvalue weighted by atomic mass is 32.2. The van der Waals surface area contributed by atoms with Crippen molar-refractivity contribution >= 4 is 44.9 Å². The predicted molar refractivity (Wildman–Crippen MR) is 139 cm³/mol. The van der Waals surface area contributed by atoms with Crippen molar-refractivity contribution in [1.29, 1.82) is 0 Å². The van der Waals surface area contributed by atoms with Gasteiger partial charge in [-0.05, 0) is 62.1 Å². The summed E-state index contributed by atoms with van der Waals surface area (Å²) in [6, 6.07) is 15.5. The van der Waals surface area contributed by atoms with Gasteiger partial charge in [0, 0.05) is 10.6 Å². The highest BCUT2D eigenvalue weighted by molar-refractivity contribution is 7.99. The Morgan fingerprint density at radius 3 is 2.64 bits per heavy atom. The number of benzene rings is 2. The molecule has 1 N–H and O–H groups in total. The second-order valence-corrected chi connectivity index (χ2v) is 10.1. The molecule has 5 nitrogen and oxygen atoms in total. The fraction of sp³-hybridized carbons (Fsp3) is 0.269. The maximum atomic E-state index is 13.7. The zero-order chi connectivity index (χ0) is 23.5. The summed E-state index contributed by atoms with van der Waals surface area (Å²) >= 11 is 2.87. The van der Waals surface area contributed by atoms with Gasteiger partial charge >= 0.3 is 0 Å². The zero-order valence-electron chi connectivity index (χ0n) is 19.3.